The van der Waals surface area contributed by atoms with E-state index in [1.165, 1.54) is 18.5 Å². The zero-order valence-corrected chi connectivity index (χ0v) is 6.19. The monoisotopic (exact) mass is 164 g/mol. The Labute approximate surface area is 68.9 Å². The lowest BCUT2D eigenvalue weighted by molar-refractivity contribution is -0.304. The van der Waals surface area contributed by atoms with Gasteiger partial charge in [0.15, 0.2) is 5.78 Å². The van der Waals surface area contributed by atoms with Gasteiger partial charge < -0.3 is 9.90 Å². The van der Waals surface area contributed by atoms with Gasteiger partial charge >= 0.3 is 0 Å². The van der Waals surface area contributed by atoms with Crippen LogP contribution in [-0.4, -0.2) is 16.7 Å². The molecule has 0 N–H and O–H groups in total. The van der Waals surface area contributed by atoms with Crippen molar-refractivity contribution in [2.75, 3.05) is 0 Å². The van der Waals surface area contributed by atoms with E-state index in [1.807, 2.05) is 0 Å². The third kappa shape index (κ3) is 2.16. The highest BCUT2D eigenvalue weighted by molar-refractivity contribution is 6.04. The number of Topliss-reactive ketones (excluding diaryl/α,β-unsaturated/α-hetero) is 1. The van der Waals surface area contributed by atoms with Crippen molar-refractivity contribution in [2.24, 2.45) is 0 Å². The minimum atomic E-state index is -1.37. The van der Waals surface area contributed by atoms with Gasteiger partial charge in [-0.3, -0.25) is 9.78 Å². The Morgan fingerprint density at radius 2 is 2.25 bits per heavy atom. The Morgan fingerprint density at radius 3 is 2.75 bits per heavy atom. The van der Waals surface area contributed by atoms with E-state index >= 15 is 0 Å². The number of pyridine rings is 1. The van der Waals surface area contributed by atoms with Gasteiger partial charge in [0.05, 0.1) is 6.42 Å². The molecule has 0 bridgehead atoms. The van der Waals surface area contributed by atoms with Crippen LogP contribution in [0.1, 0.15) is 16.8 Å². The molecule has 0 aliphatic carbocycles. The maximum atomic E-state index is 11.0. The van der Waals surface area contributed by atoms with Crippen LogP contribution in [-0.2, 0) is 4.79 Å². The van der Waals surface area contributed by atoms with E-state index in [0.717, 1.165) is 0 Å². The van der Waals surface area contributed by atoms with E-state index in [-0.39, 0.29) is 0 Å². The summed E-state index contributed by atoms with van der Waals surface area (Å²) in [6.07, 6.45) is 2.24. The predicted molar refractivity (Wildman–Crippen MR) is 38.2 cm³/mol. The van der Waals surface area contributed by atoms with Crippen molar-refractivity contribution < 1.29 is 14.7 Å². The first-order valence-corrected chi connectivity index (χ1v) is 3.33. The summed E-state index contributed by atoms with van der Waals surface area (Å²) in [6, 6.07) is 3.08. The minimum Gasteiger partial charge on any atom is -0.550 e. The summed E-state index contributed by atoms with van der Waals surface area (Å²) in [7, 11) is 0. The second-order valence-electron chi connectivity index (χ2n) is 2.21. The molecular formula is C8H6NO3-. The van der Waals surface area contributed by atoms with Crippen molar-refractivity contribution in [3.8, 4) is 0 Å². The molecule has 0 radical (unpaired) electrons. The molecule has 0 unspecified atom stereocenters. The number of hydrogen-bond donors (Lipinski definition) is 0. The normalized spacial score (nSPS) is 9.33. The van der Waals surface area contributed by atoms with Crippen LogP contribution in [0, 0.1) is 0 Å². The summed E-state index contributed by atoms with van der Waals surface area (Å²) in [5.74, 6) is -1.85. The molecule has 12 heavy (non-hydrogen) atoms. The topological polar surface area (TPSA) is 70.1 Å². The van der Waals surface area contributed by atoms with Gasteiger partial charge in [0.1, 0.15) is 0 Å². The highest BCUT2D eigenvalue weighted by Crippen LogP contribution is 1.99. The van der Waals surface area contributed by atoms with Crippen molar-refractivity contribution in [2.45, 2.75) is 6.42 Å². The van der Waals surface area contributed by atoms with E-state index in [4.69, 9.17) is 0 Å². The quantitative estimate of drug-likeness (QED) is 0.442. The number of nitrogens with zero attached hydrogens (tertiary/aromatic N) is 1. The third-order valence-corrected chi connectivity index (χ3v) is 1.29. The zero-order valence-electron chi connectivity index (χ0n) is 6.19. The molecule has 1 aromatic rings. The molecule has 0 aliphatic rings. The van der Waals surface area contributed by atoms with Crippen LogP contribution in [0.4, 0.5) is 0 Å². The Morgan fingerprint density at radius 1 is 1.50 bits per heavy atom. The molecule has 0 fully saturated rings. The Kier molecular flexibility index (Phi) is 2.53. The van der Waals surface area contributed by atoms with Crippen molar-refractivity contribution >= 4 is 11.8 Å². The van der Waals surface area contributed by atoms with Crippen LogP contribution < -0.4 is 5.11 Å². The fraction of sp³-hybridized carbons (Fsp3) is 0.125. The first-order chi connectivity index (χ1) is 5.70. The number of ketones is 1. The second kappa shape index (κ2) is 3.61. The second-order valence-corrected chi connectivity index (χ2v) is 2.21. The number of carboxylic acid groups (broad SMARTS) is 1. The van der Waals surface area contributed by atoms with Crippen molar-refractivity contribution in [3.63, 3.8) is 0 Å². The molecule has 4 heteroatoms. The minimum absolute atomic E-state index is 0.293. The zero-order chi connectivity index (χ0) is 8.97. The molecule has 0 aliphatic heterocycles. The average molecular weight is 164 g/mol. The van der Waals surface area contributed by atoms with Crippen molar-refractivity contribution in [3.05, 3.63) is 30.1 Å². The van der Waals surface area contributed by atoms with E-state index in [2.05, 4.69) is 4.98 Å². The smallest absolute Gasteiger partial charge is 0.170 e. The number of carbonyl (C=O) groups is 2. The first kappa shape index (κ1) is 8.39. The summed E-state index contributed by atoms with van der Waals surface area (Å²) < 4.78 is 0. The van der Waals surface area contributed by atoms with E-state index in [0.29, 0.717) is 5.56 Å². The number of aliphatic carboxylic acids is 1. The molecule has 0 atom stereocenters. The van der Waals surface area contributed by atoms with Crippen LogP contribution >= 0.6 is 0 Å². The summed E-state index contributed by atoms with van der Waals surface area (Å²) in [5.41, 5.74) is 0.293. The van der Waals surface area contributed by atoms with Crippen LogP contribution in [0.3, 0.4) is 0 Å². The van der Waals surface area contributed by atoms with Crippen LogP contribution in [0.2, 0.25) is 0 Å². The highest BCUT2D eigenvalue weighted by atomic mass is 16.4. The molecule has 4 nitrogen and oxygen atoms in total. The van der Waals surface area contributed by atoms with E-state index in [1.54, 1.807) is 6.07 Å². The van der Waals surface area contributed by atoms with Gasteiger partial charge in [-0.2, -0.15) is 0 Å². The van der Waals surface area contributed by atoms with E-state index in [9.17, 15) is 14.7 Å². The van der Waals surface area contributed by atoms with Crippen molar-refractivity contribution in [1.82, 2.24) is 4.98 Å². The maximum Gasteiger partial charge on any atom is 0.170 e. The summed E-state index contributed by atoms with van der Waals surface area (Å²) >= 11 is 0. The van der Waals surface area contributed by atoms with Gasteiger partial charge in [-0.25, -0.2) is 0 Å². The lowest BCUT2D eigenvalue weighted by Crippen LogP contribution is -2.25. The maximum absolute atomic E-state index is 11.0. The van der Waals surface area contributed by atoms with Crippen molar-refractivity contribution in [1.29, 1.82) is 0 Å². The lowest BCUT2D eigenvalue weighted by Gasteiger charge is -1.99. The lowest BCUT2D eigenvalue weighted by atomic mass is 10.1. The SMILES string of the molecule is O=C([O-])CC(=O)c1cccnc1. The molecule has 0 spiro atoms. The predicted octanol–water partition coefficient (Wildman–Crippen LogP) is -0.596. The fourth-order valence-electron chi connectivity index (χ4n) is 0.761. The molecule has 1 aromatic heterocycles. The molecule has 1 rings (SSSR count). The highest BCUT2D eigenvalue weighted by Gasteiger charge is 2.04. The Bertz CT molecular complexity index is 294. The van der Waals surface area contributed by atoms with Gasteiger partial charge in [-0.05, 0) is 12.1 Å². The number of carbonyl (C=O) groups excluding carboxylic acids is 2. The molecule has 0 saturated heterocycles. The molecule has 1 heterocycles. The molecule has 0 amide bonds. The number of carboxylic acids is 1. The molecular weight excluding hydrogens is 158 g/mol. The standard InChI is InChI=1S/C8H7NO3/c10-7(4-8(11)12)6-2-1-3-9-5-6/h1-3,5H,4H2,(H,11,12)/p-1. The van der Waals surface area contributed by atoms with Crippen LogP contribution in [0.25, 0.3) is 0 Å². The average Bonchev–Trinajstić information content (AvgIpc) is 2.05. The van der Waals surface area contributed by atoms with Gasteiger partial charge in [0.2, 0.25) is 0 Å². The Hall–Kier alpha value is -1.71. The number of rotatable bonds is 3. The fourth-order valence-corrected chi connectivity index (χ4v) is 0.761. The summed E-state index contributed by atoms with van der Waals surface area (Å²) in [6.45, 7) is 0. The largest absolute Gasteiger partial charge is 0.550 e. The summed E-state index contributed by atoms with van der Waals surface area (Å²) in [5, 5.41) is 10.0. The molecule has 62 valence electrons. The molecule has 0 aromatic carbocycles. The summed E-state index contributed by atoms with van der Waals surface area (Å²) in [4.78, 5) is 24.7. The van der Waals surface area contributed by atoms with Crippen LogP contribution in [0.15, 0.2) is 24.5 Å². The van der Waals surface area contributed by atoms with E-state index < -0.39 is 18.2 Å². The van der Waals surface area contributed by atoms with Gasteiger partial charge in [-0.15, -0.1) is 0 Å². The van der Waals surface area contributed by atoms with Gasteiger partial charge in [-0.1, -0.05) is 0 Å². The van der Waals surface area contributed by atoms with Gasteiger partial charge in [0.25, 0.3) is 0 Å². The number of hydrogen-bond acceptors (Lipinski definition) is 4. The number of aromatic nitrogens is 1. The van der Waals surface area contributed by atoms with Gasteiger partial charge in [0, 0.05) is 23.9 Å². The molecule has 0 saturated carbocycles. The Balaban J connectivity index is 2.73. The van der Waals surface area contributed by atoms with Crippen LogP contribution in [0.5, 0.6) is 0 Å². The first-order valence-electron chi connectivity index (χ1n) is 3.33. The third-order valence-electron chi connectivity index (χ3n) is 1.29.